The Kier molecular flexibility index (Phi) is 2.87. The van der Waals surface area contributed by atoms with Gasteiger partial charge in [0.2, 0.25) is 0 Å². The highest BCUT2D eigenvalue weighted by Gasteiger charge is 2.31. The van der Waals surface area contributed by atoms with Crippen molar-refractivity contribution in [1.82, 2.24) is 4.98 Å². The summed E-state index contributed by atoms with van der Waals surface area (Å²) in [5, 5.41) is 0. The highest BCUT2D eigenvalue weighted by molar-refractivity contribution is 5.16. The Morgan fingerprint density at radius 1 is 1.31 bits per heavy atom. The van der Waals surface area contributed by atoms with Gasteiger partial charge in [0.15, 0.2) is 0 Å². The van der Waals surface area contributed by atoms with Crippen molar-refractivity contribution in [3.63, 3.8) is 0 Å². The lowest BCUT2D eigenvalue weighted by molar-refractivity contribution is -0.141. The van der Waals surface area contributed by atoms with Crippen LogP contribution in [0.2, 0.25) is 0 Å². The number of nitrogens with zero attached hydrogens (tertiary/aromatic N) is 1. The van der Waals surface area contributed by atoms with Gasteiger partial charge in [-0.2, -0.15) is 13.2 Å². The van der Waals surface area contributed by atoms with E-state index in [0.717, 1.165) is 11.6 Å². The van der Waals surface area contributed by atoms with Gasteiger partial charge in [-0.15, -0.1) is 0 Å². The van der Waals surface area contributed by atoms with Crippen LogP contribution in [0.1, 0.15) is 11.3 Å². The molecular formula is C8H9F3N2. The summed E-state index contributed by atoms with van der Waals surface area (Å²) in [4.78, 5) is 3.29. The van der Waals surface area contributed by atoms with Gasteiger partial charge >= 0.3 is 6.18 Å². The predicted octanol–water partition coefficient (Wildman–Crippen LogP) is 1.60. The van der Waals surface area contributed by atoms with E-state index in [1.54, 1.807) is 0 Å². The molecule has 0 aliphatic heterocycles. The van der Waals surface area contributed by atoms with Gasteiger partial charge in [-0.3, -0.25) is 4.98 Å². The zero-order chi connectivity index (χ0) is 9.90. The lowest BCUT2D eigenvalue weighted by Crippen LogP contribution is -2.09. The van der Waals surface area contributed by atoms with Crippen molar-refractivity contribution in [1.29, 1.82) is 0 Å². The third-order valence-corrected chi connectivity index (χ3v) is 1.55. The summed E-state index contributed by atoms with van der Waals surface area (Å²) in [7, 11) is 0. The predicted molar refractivity (Wildman–Crippen MR) is 42.0 cm³/mol. The topological polar surface area (TPSA) is 38.9 Å². The van der Waals surface area contributed by atoms with Crippen molar-refractivity contribution >= 4 is 0 Å². The molecule has 0 spiro atoms. The molecular weight excluding hydrogens is 181 g/mol. The number of hydrogen-bond donors (Lipinski definition) is 1. The molecule has 0 atom stereocenters. The first kappa shape index (κ1) is 9.98. The van der Waals surface area contributed by atoms with E-state index < -0.39 is 11.9 Å². The first-order valence-corrected chi connectivity index (χ1v) is 3.76. The average molecular weight is 190 g/mol. The number of pyridine rings is 1. The fourth-order valence-corrected chi connectivity index (χ4v) is 0.907. The Morgan fingerprint density at radius 2 is 2.00 bits per heavy atom. The molecule has 0 aromatic carbocycles. The van der Waals surface area contributed by atoms with E-state index in [9.17, 15) is 13.2 Å². The Balaban J connectivity index is 2.81. The van der Waals surface area contributed by atoms with E-state index in [-0.39, 0.29) is 0 Å². The second-order valence-electron chi connectivity index (χ2n) is 2.59. The van der Waals surface area contributed by atoms with Crippen LogP contribution in [0.3, 0.4) is 0 Å². The molecule has 2 nitrogen and oxygen atoms in total. The Morgan fingerprint density at radius 3 is 2.38 bits per heavy atom. The second kappa shape index (κ2) is 3.74. The lowest BCUT2D eigenvalue weighted by Gasteiger charge is -2.05. The van der Waals surface area contributed by atoms with E-state index in [2.05, 4.69) is 4.98 Å². The van der Waals surface area contributed by atoms with Gasteiger partial charge in [-0.05, 0) is 24.6 Å². The molecule has 0 aliphatic rings. The Bertz CT molecular complexity index is 266. The normalized spacial score (nSPS) is 11.7. The molecule has 0 saturated heterocycles. The molecule has 0 amide bonds. The maximum atomic E-state index is 12.0. The van der Waals surface area contributed by atoms with Crippen molar-refractivity contribution in [2.45, 2.75) is 12.6 Å². The van der Waals surface area contributed by atoms with Crippen LogP contribution in [0.5, 0.6) is 0 Å². The summed E-state index contributed by atoms with van der Waals surface area (Å²) in [5.41, 5.74) is 5.09. The molecule has 1 aromatic heterocycles. The summed E-state index contributed by atoms with van der Waals surface area (Å²) in [6.45, 7) is 0.410. The number of rotatable bonds is 2. The molecule has 0 unspecified atom stereocenters. The van der Waals surface area contributed by atoms with Crippen LogP contribution in [0, 0.1) is 0 Å². The van der Waals surface area contributed by atoms with Crippen molar-refractivity contribution in [2.75, 3.05) is 6.54 Å². The zero-order valence-electron chi connectivity index (χ0n) is 6.80. The molecule has 72 valence electrons. The Hall–Kier alpha value is -1.10. The van der Waals surface area contributed by atoms with E-state index in [1.807, 2.05) is 0 Å². The van der Waals surface area contributed by atoms with Crippen LogP contribution in [0.4, 0.5) is 13.2 Å². The van der Waals surface area contributed by atoms with Gasteiger partial charge in [0, 0.05) is 6.20 Å². The molecule has 1 rings (SSSR count). The molecule has 0 fully saturated rings. The largest absolute Gasteiger partial charge is 0.433 e. The van der Waals surface area contributed by atoms with E-state index in [4.69, 9.17) is 5.73 Å². The van der Waals surface area contributed by atoms with E-state index >= 15 is 0 Å². The number of halogens is 3. The summed E-state index contributed by atoms with van der Waals surface area (Å²) in [6, 6.07) is 2.35. The highest BCUT2D eigenvalue weighted by atomic mass is 19.4. The minimum absolute atomic E-state index is 0.410. The van der Waals surface area contributed by atoms with Crippen molar-refractivity contribution in [3.05, 3.63) is 29.6 Å². The minimum atomic E-state index is -4.36. The van der Waals surface area contributed by atoms with Gasteiger partial charge in [0.1, 0.15) is 5.69 Å². The van der Waals surface area contributed by atoms with Crippen LogP contribution in [-0.2, 0) is 12.6 Å². The summed E-state index contributed by atoms with van der Waals surface area (Å²) < 4.78 is 36.1. The lowest BCUT2D eigenvalue weighted by atomic mass is 10.2. The van der Waals surface area contributed by atoms with Crippen molar-refractivity contribution in [3.8, 4) is 0 Å². The fourth-order valence-electron chi connectivity index (χ4n) is 0.907. The molecule has 13 heavy (non-hydrogen) atoms. The summed E-state index contributed by atoms with van der Waals surface area (Å²) >= 11 is 0. The number of nitrogens with two attached hydrogens (primary N) is 1. The fraction of sp³-hybridized carbons (Fsp3) is 0.375. The zero-order valence-corrected chi connectivity index (χ0v) is 6.80. The molecule has 0 bridgehead atoms. The number of aromatic nitrogens is 1. The molecule has 1 heterocycles. The number of alkyl halides is 3. The van der Waals surface area contributed by atoms with Crippen molar-refractivity contribution < 1.29 is 13.2 Å². The number of hydrogen-bond acceptors (Lipinski definition) is 2. The van der Waals surface area contributed by atoms with Crippen LogP contribution in [0.25, 0.3) is 0 Å². The smallest absolute Gasteiger partial charge is 0.330 e. The first-order chi connectivity index (χ1) is 6.04. The summed E-state index contributed by atoms with van der Waals surface area (Å²) in [5.74, 6) is 0. The van der Waals surface area contributed by atoms with Crippen LogP contribution >= 0.6 is 0 Å². The molecule has 5 heteroatoms. The van der Waals surface area contributed by atoms with Gasteiger partial charge in [-0.1, -0.05) is 6.07 Å². The third-order valence-electron chi connectivity index (χ3n) is 1.55. The highest BCUT2D eigenvalue weighted by Crippen LogP contribution is 2.27. The maximum absolute atomic E-state index is 12.0. The van der Waals surface area contributed by atoms with Crippen molar-refractivity contribution in [2.24, 2.45) is 5.73 Å². The standard InChI is InChI=1S/C8H9F3N2/c9-8(10,11)7-2-1-6(3-4-12)5-13-7/h1-2,5H,3-4,12H2. The molecule has 0 aliphatic carbocycles. The molecule has 0 radical (unpaired) electrons. The quantitative estimate of drug-likeness (QED) is 0.769. The van der Waals surface area contributed by atoms with Gasteiger partial charge < -0.3 is 5.73 Å². The first-order valence-electron chi connectivity index (χ1n) is 3.76. The van der Waals surface area contributed by atoms with Gasteiger partial charge in [-0.25, -0.2) is 0 Å². The van der Waals surface area contributed by atoms with Crippen LogP contribution in [-0.4, -0.2) is 11.5 Å². The van der Waals surface area contributed by atoms with Gasteiger partial charge in [0.25, 0.3) is 0 Å². The minimum Gasteiger partial charge on any atom is -0.330 e. The molecule has 2 N–H and O–H groups in total. The molecule has 0 saturated carbocycles. The Labute approximate surface area is 73.6 Å². The van der Waals surface area contributed by atoms with E-state index in [1.165, 1.54) is 12.3 Å². The SMILES string of the molecule is NCCc1ccc(C(F)(F)F)nc1. The second-order valence-corrected chi connectivity index (χ2v) is 2.59. The molecule has 1 aromatic rings. The van der Waals surface area contributed by atoms with Crippen LogP contribution in [0.15, 0.2) is 18.3 Å². The van der Waals surface area contributed by atoms with E-state index in [0.29, 0.717) is 13.0 Å². The average Bonchev–Trinajstić information content (AvgIpc) is 2.04. The van der Waals surface area contributed by atoms with Gasteiger partial charge in [0.05, 0.1) is 0 Å². The monoisotopic (exact) mass is 190 g/mol. The third kappa shape index (κ3) is 2.69. The summed E-state index contributed by atoms with van der Waals surface area (Å²) in [6.07, 6.45) is -2.61. The van der Waals surface area contributed by atoms with Crippen LogP contribution < -0.4 is 5.73 Å². The maximum Gasteiger partial charge on any atom is 0.433 e.